The molecule has 2 heterocycles. The second-order valence-corrected chi connectivity index (χ2v) is 6.95. The number of hydrogen-bond donors (Lipinski definition) is 1. The minimum Gasteiger partial charge on any atom is -0.508 e. The number of aromatic nitrogens is 2. The quantitative estimate of drug-likeness (QED) is 0.497. The van der Waals surface area contributed by atoms with Crippen LogP contribution < -0.4 is 11.2 Å². The van der Waals surface area contributed by atoms with Gasteiger partial charge < -0.3 is 9.52 Å². The number of fused-ring (bicyclic) bond motifs is 1. The Bertz CT molecular complexity index is 1410. The highest BCUT2D eigenvalue weighted by atomic mass is 19.4. The summed E-state index contributed by atoms with van der Waals surface area (Å²) in [5.74, 6) is -0.103. The molecule has 158 valence electrons. The van der Waals surface area contributed by atoms with Crippen molar-refractivity contribution in [2.45, 2.75) is 19.6 Å². The van der Waals surface area contributed by atoms with Gasteiger partial charge in [0.2, 0.25) is 0 Å². The van der Waals surface area contributed by atoms with Gasteiger partial charge in [-0.05, 0) is 30.7 Å². The molecule has 0 aliphatic carbocycles. The van der Waals surface area contributed by atoms with E-state index < -0.39 is 29.5 Å². The molecule has 0 atom stereocenters. The van der Waals surface area contributed by atoms with Gasteiger partial charge in [-0.15, -0.1) is 0 Å². The topological polar surface area (TPSA) is 85.3 Å². The van der Waals surface area contributed by atoms with Crippen LogP contribution in [0.3, 0.4) is 0 Å². The third-order valence-corrected chi connectivity index (χ3v) is 4.89. The fourth-order valence-corrected chi connectivity index (χ4v) is 3.31. The van der Waals surface area contributed by atoms with Crippen molar-refractivity contribution in [3.05, 3.63) is 92.1 Å². The van der Waals surface area contributed by atoms with E-state index in [0.29, 0.717) is 27.3 Å². The van der Waals surface area contributed by atoms with Crippen LogP contribution in [-0.4, -0.2) is 14.9 Å². The van der Waals surface area contributed by atoms with Crippen molar-refractivity contribution in [3.63, 3.8) is 0 Å². The zero-order valence-corrected chi connectivity index (χ0v) is 16.1. The minimum absolute atomic E-state index is 0.0337. The van der Waals surface area contributed by atoms with E-state index in [-0.39, 0.29) is 22.6 Å². The van der Waals surface area contributed by atoms with Crippen LogP contribution in [0.4, 0.5) is 13.2 Å². The molecule has 0 saturated carbocycles. The number of halogens is 3. The molecular weight excluding hydrogens is 413 g/mol. The number of benzene rings is 2. The first-order chi connectivity index (χ1) is 14.6. The predicted molar refractivity (Wildman–Crippen MR) is 107 cm³/mol. The molecule has 31 heavy (non-hydrogen) atoms. The normalized spacial score (nSPS) is 11.7. The van der Waals surface area contributed by atoms with Gasteiger partial charge in [-0.25, -0.2) is 9.48 Å². The van der Waals surface area contributed by atoms with E-state index >= 15 is 0 Å². The molecule has 4 aromatic rings. The zero-order valence-electron chi connectivity index (χ0n) is 16.1. The van der Waals surface area contributed by atoms with Crippen LogP contribution >= 0.6 is 0 Å². The third kappa shape index (κ3) is 3.81. The zero-order chi connectivity index (χ0) is 22.3. The van der Waals surface area contributed by atoms with Gasteiger partial charge in [0.25, 0.3) is 5.56 Å². The van der Waals surface area contributed by atoms with Crippen LogP contribution in [-0.2, 0) is 12.7 Å². The lowest BCUT2D eigenvalue weighted by atomic mass is 10.1. The van der Waals surface area contributed by atoms with Crippen LogP contribution in [0.15, 0.2) is 68.6 Å². The van der Waals surface area contributed by atoms with Crippen LogP contribution in [0, 0.1) is 6.92 Å². The molecule has 4 rings (SSSR count). The second-order valence-electron chi connectivity index (χ2n) is 6.95. The van der Waals surface area contributed by atoms with E-state index in [2.05, 4.69) is 5.10 Å². The highest BCUT2D eigenvalue weighted by Crippen LogP contribution is 2.30. The number of phenolic OH excluding ortho intramolecular Hbond substituents is 1. The predicted octanol–water partition coefficient (Wildman–Crippen LogP) is 4.10. The van der Waals surface area contributed by atoms with Crippen molar-refractivity contribution in [1.29, 1.82) is 0 Å². The number of aryl methyl sites for hydroxylation is 1. The van der Waals surface area contributed by atoms with E-state index in [1.54, 1.807) is 30.3 Å². The average molecular weight is 428 g/mol. The molecule has 0 radical (unpaired) electrons. The van der Waals surface area contributed by atoms with Crippen LogP contribution in [0.2, 0.25) is 0 Å². The van der Waals surface area contributed by atoms with E-state index in [1.165, 1.54) is 19.1 Å². The van der Waals surface area contributed by atoms with E-state index in [0.717, 1.165) is 6.07 Å². The van der Waals surface area contributed by atoms with Crippen molar-refractivity contribution in [3.8, 4) is 17.0 Å². The Labute approximate surface area is 172 Å². The molecule has 1 N–H and O–H groups in total. The van der Waals surface area contributed by atoms with Gasteiger partial charge in [-0.2, -0.15) is 18.3 Å². The van der Waals surface area contributed by atoms with Gasteiger partial charge in [-0.1, -0.05) is 30.3 Å². The number of aromatic hydroxyl groups is 1. The molecule has 6 nitrogen and oxygen atoms in total. The Kier molecular flexibility index (Phi) is 4.88. The van der Waals surface area contributed by atoms with Gasteiger partial charge in [-0.3, -0.25) is 4.79 Å². The fourth-order valence-electron chi connectivity index (χ4n) is 3.31. The molecular formula is C22H15F3N2O4. The molecule has 0 amide bonds. The first-order valence-electron chi connectivity index (χ1n) is 9.15. The summed E-state index contributed by atoms with van der Waals surface area (Å²) in [7, 11) is 0. The summed E-state index contributed by atoms with van der Waals surface area (Å²) < 4.78 is 46.5. The summed E-state index contributed by atoms with van der Waals surface area (Å²) in [5.41, 5.74) is -2.46. The van der Waals surface area contributed by atoms with Crippen molar-refractivity contribution >= 4 is 11.0 Å². The highest BCUT2D eigenvalue weighted by Gasteiger charge is 2.35. The monoisotopic (exact) mass is 428 g/mol. The lowest BCUT2D eigenvalue weighted by Gasteiger charge is -2.14. The number of phenols is 1. The van der Waals surface area contributed by atoms with Crippen molar-refractivity contribution < 1.29 is 22.7 Å². The number of rotatable bonds is 3. The number of hydrogen-bond acceptors (Lipinski definition) is 5. The number of nitrogens with zero attached hydrogens (tertiary/aromatic N) is 2. The largest absolute Gasteiger partial charge is 0.508 e. The molecule has 0 unspecified atom stereocenters. The minimum atomic E-state index is -4.88. The molecule has 0 fully saturated rings. The summed E-state index contributed by atoms with van der Waals surface area (Å²) in [6, 6.07) is 12.8. The Morgan fingerprint density at radius 2 is 1.77 bits per heavy atom. The van der Waals surface area contributed by atoms with Crippen LogP contribution in [0.25, 0.3) is 22.2 Å². The summed E-state index contributed by atoms with van der Waals surface area (Å²) >= 11 is 0. The summed E-state index contributed by atoms with van der Waals surface area (Å²) in [6.07, 6.45) is -4.88. The fraction of sp³-hybridized carbons (Fsp3) is 0.136. The Morgan fingerprint density at radius 1 is 1.06 bits per heavy atom. The van der Waals surface area contributed by atoms with Crippen molar-refractivity contribution in [2.75, 3.05) is 0 Å². The van der Waals surface area contributed by atoms with Gasteiger partial charge in [0.15, 0.2) is 0 Å². The maximum atomic E-state index is 13.5. The number of alkyl halides is 3. The van der Waals surface area contributed by atoms with E-state index in [4.69, 9.17) is 4.42 Å². The van der Waals surface area contributed by atoms with Crippen molar-refractivity contribution in [1.82, 2.24) is 9.78 Å². The highest BCUT2D eigenvalue weighted by molar-refractivity contribution is 5.84. The Morgan fingerprint density at radius 3 is 2.45 bits per heavy atom. The maximum absolute atomic E-state index is 13.5. The smallest absolute Gasteiger partial charge is 0.421 e. The van der Waals surface area contributed by atoms with Gasteiger partial charge in [0.05, 0.1) is 12.2 Å². The average Bonchev–Trinajstić information content (AvgIpc) is 2.72. The molecule has 0 aliphatic heterocycles. The van der Waals surface area contributed by atoms with Crippen LogP contribution in [0.1, 0.15) is 16.7 Å². The first kappa shape index (κ1) is 20.4. The summed E-state index contributed by atoms with van der Waals surface area (Å²) in [4.78, 5) is 24.6. The van der Waals surface area contributed by atoms with Gasteiger partial charge in [0.1, 0.15) is 16.9 Å². The Balaban J connectivity index is 1.94. The molecule has 0 aliphatic rings. The second kappa shape index (κ2) is 7.42. The molecule has 0 bridgehead atoms. The Hall–Kier alpha value is -3.88. The molecule has 2 aromatic heterocycles. The van der Waals surface area contributed by atoms with E-state index in [9.17, 15) is 27.9 Å². The van der Waals surface area contributed by atoms with Gasteiger partial charge >= 0.3 is 11.8 Å². The molecule has 2 aromatic carbocycles. The van der Waals surface area contributed by atoms with E-state index in [1.807, 2.05) is 0 Å². The van der Waals surface area contributed by atoms with Crippen molar-refractivity contribution in [2.24, 2.45) is 0 Å². The third-order valence-electron chi connectivity index (χ3n) is 4.89. The van der Waals surface area contributed by atoms with Crippen LogP contribution in [0.5, 0.6) is 5.75 Å². The first-order valence-corrected chi connectivity index (χ1v) is 9.15. The molecule has 0 spiro atoms. The standard InChI is InChI=1S/C22H15F3N2O4/c1-12-18(28)8-7-15-14(9-19(29)31-20(12)15)11-27-21(30)16(22(23,24)25)10-17(26-27)13-5-3-2-4-6-13/h2-10,28H,11H2,1H3. The molecule has 0 saturated heterocycles. The SMILES string of the molecule is Cc1c(O)ccc2c(Cn3nc(-c4ccccc4)cc(C(F)(F)F)c3=O)cc(=O)oc12. The lowest BCUT2D eigenvalue weighted by Crippen LogP contribution is -2.31. The maximum Gasteiger partial charge on any atom is 0.421 e. The summed E-state index contributed by atoms with van der Waals surface area (Å²) in [6.45, 7) is 1.14. The summed E-state index contributed by atoms with van der Waals surface area (Å²) in [5, 5.41) is 14.4. The molecule has 9 heteroatoms. The lowest BCUT2D eigenvalue weighted by molar-refractivity contribution is -0.139. The van der Waals surface area contributed by atoms with Gasteiger partial charge in [0, 0.05) is 22.6 Å².